The van der Waals surface area contributed by atoms with Crippen molar-refractivity contribution in [2.45, 2.75) is 84.7 Å². The molecule has 5 aliphatic rings. The van der Waals surface area contributed by atoms with Gasteiger partial charge in [-0.15, -0.1) is 0 Å². The van der Waals surface area contributed by atoms with E-state index >= 15 is 0 Å². The molecule has 1 N–H and O–H groups in total. The fourth-order valence-electron chi connectivity index (χ4n) is 9.09. The molecule has 0 radical (unpaired) electrons. The molecule has 0 amide bonds. The molecule has 5 rings (SSSR count). The Morgan fingerprint density at radius 3 is 2.47 bits per heavy atom. The number of rotatable bonds is 4. The number of carbonyl (C=O) groups excluding carboxylic acids is 3. The molecule has 36 heavy (non-hydrogen) atoms. The van der Waals surface area contributed by atoms with Gasteiger partial charge in [-0.25, -0.2) is 9.59 Å². The summed E-state index contributed by atoms with van der Waals surface area (Å²) in [4.78, 5) is 37.2. The molecule has 8 nitrogen and oxygen atoms in total. The van der Waals surface area contributed by atoms with Crippen LogP contribution in [0.1, 0.15) is 60.3 Å². The third kappa shape index (κ3) is 3.51. The van der Waals surface area contributed by atoms with Gasteiger partial charge in [0.05, 0.1) is 12.2 Å². The zero-order valence-corrected chi connectivity index (χ0v) is 22.0. The lowest BCUT2D eigenvalue weighted by Crippen LogP contribution is -2.72. The first kappa shape index (κ1) is 25.5. The third-order valence-electron chi connectivity index (χ3n) is 10.3. The molecule has 0 aromatic rings. The fourth-order valence-corrected chi connectivity index (χ4v) is 9.09. The largest absolute Gasteiger partial charge is 0.462 e. The highest BCUT2D eigenvalue weighted by molar-refractivity contribution is 5.86. The summed E-state index contributed by atoms with van der Waals surface area (Å²) in [5.74, 6) is -1.12. The van der Waals surface area contributed by atoms with E-state index in [4.69, 9.17) is 18.9 Å². The van der Waals surface area contributed by atoms with E-state index in [1.165, 1.54) is 13.0 Å². The highest BCUT2D eigenvalue weighted by atomic mass is 16.6. The Labute approximate surface area is 212 Å². The summed E-state index contributed by atoms with van der Waals surface area (Å²) in [6, 6.07) is 0. The van der Waals surface area contributed by atoms with Crippen molar-refractivity contribution >= 4 is 17.9 Å². The van der Waals surface area contributed by atoms with E-state index < -0.39 is 34.6 Å². The van der Waals surface area contributed by atoms with Gasteiger partial charge in [0.1, 0.15) is 18.8 Å². The van der Waals surface area contributed by atoms with Crippen molar-refractivity contribution in [3.8, 4) is 0 Å². The number of esters is 3. The summed E-state index contributed by atoms with van der Waals surface area (Å²) in [5.41, 5.74) is -0.0818. The molecule has 0 saturated heterocycles. The minimum Gasteiger partial charge on any atom is -0.462 e. The number of carbonyl (C=O) groups is 3. The van der Waals surface area contributed by atoms with Gasteiger partial charge in [-0.05, 0) is 54.1 Å². The second-order valence-electron chi connectivity index (χ2n) is 12.4. The van der Waals surface area contributed by atoms with Crippen LogP contribution in [0, 0.1) is 34.0 Å². The molecule has 3 saturated carbocycles. The first-order valence-electron chi connectivity index (χ1n) is 13.0. The van der Waals surface area contributed by atoms with Crippen molar-refractivity contribution in [2.75, 3.05) is 13.7 Å². The molecule has 10 unspecified atom stereocenters. The van der Waals surface area contributed by atoms with Gasteiger partial charge in [-0.2, -0.15) is 0 Å². The van der Waals surface area contributed by atoms with Gasteiger partial charge in [0, 0.05) is 42.9 Å². The molecule has 3 aliphatic carbocycles. The zero-order valence-electron chi connectivity index (χ0n) is 22.0. The highest BCUT2D eigenvalue weighted by Crippen LogP contribution is 2.71. The van der Waals surface area contributed by atoms with E-state index in [0.717, 1.165) is 11.1 Å². The number of fused-ring (bicyclic) bond motifs is 2. The molecular formula is C28H38O8. The Hall–Kier alpha value is -2.19. The molecule has 0 spiro atoms. The second-order valence-corrected chi connectivity index (χ2v) is 12.4. The summed E-state index contributed by atoms with van der Waals surface area (Å²) < 4.78 is 23.0. The third-order valence-corrected chi connectivity index (χ3v) is 10.3. The van der Waals surface area contributed by atoms with Crippen LogP contribution in [0.4, 0.5) is 0 Å². The Bertz CT molecular complexity index is 1050. The Morgan fingerprint density at radius 1 is 1.14 bits per heavy atom. The Morgan fingerprint density at radius 2 is 1.86 bits per heavy atom. The highest BCUT2D eigenvalue weighted by Gasteiger charge is 2.72. The smallest absolute Gasteiger partial charge is 0.331 e. The average molecular weight is 503 g/mol. The van der Waals surface area contributed by atoms with Gasteiger partial charge >= 0.3 is 17.9 Å². The molecule has 3 fully saturated rings. The van der Waals surface area contributed by atoms with Crippen molar-refractivity contribution < 1.29 is 38.4 Å². The SMILES string of the molecule is COC1CC(C)C2CC3OC(=O)C=C4C(C)(CC5=CC(=O)OC5)CC(OC(C)=O)C(C43C)C2(C)C1O. The van der Waals surface area contributed by atoms with E-state index in [1.807, 2.05) is 0 Å². The van der Waals surface area contributed by atoms with Crippen LogP contribution in [0.2, 0.25) is 0 Å². The summed E-state index contributed by atoms with van der Waals surface area (Å²) in [7, 11) is 1.63. The molecule has 10 atom stereocenters. The van der Waals surface area contributed by atoms with Crippen LogP contribution in [-0.2, 0) is 33.3 Å². The summed E-state index contributed by atoms with van der Waals surface area (Å²) in [6.45, 7) is 10.1. The zero-order chi connectivity index (χ0) is 26.2. The van der Waals surface area contributed by atoms with Gasteiger partial charge in [-0.1, -0.05) is 27.7 Å². The van der Waals surface area contributed by atoms with E-state index in [0.29, 0.717) is 25.7 Å². The van der Waals surface area contributed by atoms with Gasteiger partial charge in [0.15, 0.2) is 0 Å². The van der Waals surface area contributed by atoms with Gasteiger partial charge in [0.2, 0.25) is 0 Å². The molecule has 2 heterocycles. The number of methoxy groups -OCH3 is 1. The minimum atomic E-state index is -0.767. The molecule has 0 aromatic carbocycles. The monoisotopic (exact) mass is 502 g/mol. The minimum absolute atomic E-state index is 0.0556. The Kier molecular flexibility index (Phi) is 5.95. The number of ether oxygens (including phenoxy) is 4. The van der Waals surface area contributed by atoms with Crippen molar-refractivity contribution in [1.82, 2.24) is 0 Å². The molecule has 198 valence electrons. The maximum absolute atomic E-state index is 12.9. The quantitative estimate of drug-likeness (QED) is 0.462. The number of hydrogen-bond acceptors (Lipinski definition) is 8. The maximum atomic E-state index is 12.9. The van der Waals surface area contributed by atoms with Crippen LogP contribution in [0.15, 0.2) is 23.3 Å². The summed E-state index contributed by atoms with van der Waals surface area (Å²) in [6.07, 6.45) is 3.41. The van der Waals surface area contributed by atoms with Crippen molar-refractivity contribution in [3.63, 3.8) is 0 Å². The molecule has 0 bridgehead atoms. The lowest BCUT2D eigenvalue weighted by Gasteiger charge is -2.70. The van der Waals surface area contributed by atoms with Crippen LogP contribution in [0.3, 0.4) is 0 Å². The topological polar surface area (TPSA) is 108 Å². The van der Waals surface area contributed by atoms with E-state index in [2.05, 4.69) is 27.7 Å². The number of aliphatic hydroxyl groups excluding tert-OH is 1. The standard InChI is InChI=1S/C28H38O8/c1-14-7-18(33-6)25(32)27(4)17(14)9-21-28(5)20(10-23(31)36-21)26(3,11-16-8-22(30)34-13-16)12-19(24(27)28)35-15(2)29/h8,10,14,17-19,21,24-25,32H,7,9,11-13H2,1-6H3. The maximum Gasteiger partial charge on any atom is 0.331 e. The van der Waals surface area contributed by atoms with Crippen LogP contribution >= 0.6 is 0 Å². The number of cyclic esters (lactones) is 1. The lowest BCUT2D eigenvalue weighted by atomic mass is 9.37. The predicted molar refractivity (Wildman–Crippen MR) is 128 cm³/mol. The molecule has 8 heteroatoms. The van der Waals surface area contributed by atoms with Crippen LogP contribution < -0.4 is 0 Å². The molecule has 0 aromatic heterocycles. The summed E-state index contributed by atoms with van der Waals surface area (Å²) in [5, 5.41) is 11.8. The number of hydrogen-bond donors (Lipinski definition) is 1. The average Bonchev–Trinajstić information content (AvgIpc) is 3.18. The van der Waals surface area contributed by atoms with Crippen molar-refractivity contribution in [3.05, 3.63) is 23.3 Å². The molecule has 2 aliphatic heterocycles. The van der Waals surface area contributed by atoms with Crippen molar-refractivity contribution in [2.24, 2.45) is 34.0 Å². The Balaban J connectivity index is 1.69. The fraction of sp³-hybridized carbons (Fsp3) is 0.750. The van der Waals surface area contributed by atoms with Crippen LogP contribution in [-0.4, -0.2) is 61.1 Å². The van der Waals surface area contributed by atoms with Crippen LogP contribution in [0.5, 0.6) is 0 Å². The number of aliphatic hydroxyl groups is 1. The first-order valence-corrected chi connectivity index (χ1v) is 13.0. The van der Waals surface area contributed by atoms with Gasteiger partial charge < -0.3 is 24.1 Å². The summed E-state index contributed by atoms with van der Waals surface area (Å²) >= 11 is 0. The van der Waals surface area contributed by atoms with E-state index in [-0.39, 0.29) is 48.4 Å². The van der Waals surface area contributed by atoms with Gasteiger partial charge in [0.25, 0.3) is 0 Å². The predicted octanol–water partition coefficient (Wildman–Crippen LogP) is 3.12. The van der Waals surface area contributed by atoms with E-state index in [1.54, 1.807) is 13.2 Å². The first-order chi connectivity index (χ1) is 16.8. The lowest BCUT2D eigenvalue weighted by molar-refractivity contribution is -0.269. The van der Waals surface area contributed by atoms with E-state index in [9.17, 15) is 19.5 Å². The van der Waals surface area contributed by atoms with Gasteiger partial charge in [-0.3, -0.25) is 4.79 Å². The second kappa shape index (κ2) is 8.42. The van der Waals surface area contributed by atoms with Crippen molar-refractivity contribution in [1.29, 1.82) is 0 Å². The molecular weight excluding hydrogens is 464 g/mol. The normalized spacial score (nSPS) is 47.6. The van der Waals surface area contributed by atoms with Crippen LogP contribution in [0.25, 0.3) is 0 Å².